The fraction of sp³-hybridized carbons (Fsp3) is 0.250. The van der Waals surface area contributed by atoms with Gasteiger partial charge in [-0.1, -0.05) is 53.8 Å². The van der Waals surface area contributed by atoms with Crippen LogP contribution in [0.3, 0.4) is 0 Å². The summed E-state index contributed by atoms with van der Waals surface area (Å²) >= 11 is 1.47. The Bertz CT molecular complexity index is 1360. The Hall–Kier alpha value is -3.01. The third-order valence-electron chi connectivity index (χ3n) is 5.77. The molecule has 2 aromatic heterocycles. The standard InChI is InChI=1S/C24H23N5O2S2/c1-16-22(24-29-28-23(32-24)18-6-3-2-4-7-18)27-21(15-26-16)17-9-11-19(12-10-17)33(30,31)20-8-5-13-25-14-20/h2-4,6-7,9-12,15,20,25H,5,8,13-14H2,1H3. The van der Waals surface area contributed by atoms with E-state index in [1.807, 2.05) is 37.3 Å². The summed E-state index contributed by atoms with van der Waals surface area (Å²) in [5, 5.41) is 13.0. The van der Waals surface area contributed by atoms with Crippen LogP contribution in [0.2, 0.25) is 0 Å². The van der Waals surface area contributed by atoms with Gasteiger partial charge in [-0.25, -0.2) is 13.4 Å². The fourth-order valence-electron chi connectivity index (χ4n) is 3.90. The second-order valence-corrected chi connectivity index (χ2v) is 11.2. The van der Waals surface area contributed by atoms with Crippen molar-refractivity contribution in [2.45, 2.75) is 29.9 Å². The summed E-state index contributed by atoms with van der Waals surface area (Å²) < 4.78 is 25.9. The molecule has 1 unspecified atom stereocenters. The van der Waals surface area contributed by atoms with Crippen molar-refractivity contribution in [3.05, 3.63) is 66.5 Å². The molecule has 1 fully saturated rings. The van der Waals surface area contributed by atoms with Gasteiger partial charge in [0.15, 0.2) is 14.8 Å². The first-order valence-corrected chi connectivity index (χ1v) is 13.2. The van der Waals surface area contributed by atoms with Crippen LogP contribution in [0.15, 0.2) is 65.7 Å². The monoisotopic (exact) mass is 477 g/mol. The Morgan fingerprint density at radius 2 is 1.73 bits per heavy atom. The molecule has 1 aliphatic heterocycles. The summed E-state index contributed by atoms with van der Waals surface area (Å²) in [5.41, 5.74) is 3.91. The number of nitrogens with zero attached hydrogens (tertiary/aromatic N) is 4. The number of sulfone groups is 1. The van der Waals surface area contributed by atoms with Gasteiger partial charge in [0, 0.05) is 17.7 Å². The highest BCUT2D eigenvalue weighted by Gasteiger charge is 2.28. The largest absolute Gasteiger partial charge is 0.315 e. The molecule has 1 aliphatic rings. The number of hydrogen-bond donors (Lipinski definition) is 1. The van der Waals surface area contributed by atoms with Crippen molar-refractivity contribution in [1.82, 2.24) is 25.5 Å². The van der Waals surface area contributed by atoms with Gasteiger partial charge in [-0.05, 0) is 38.4 Å². The molecule has 1 atom stereocenters. The molecule has 0 amide bonds. The lowest BCUT2D eigenvalue weighted by Crippen LogP contribution is -2.38. The molecule has 0 saturated carbocycles. The van der Waals surface area contributed by atoms with Crippen LogP contribution in [-0.4, -0.2) is 46.9 Å². The van der Waals surface area contributed by atoms with Gasteiger partial charge in [-0.3, -0.25) is 4.98 Å². The molecule has 9 heteroatoms. The summed E-state index contributed by atoms with van der Waals surface area (Å²) in [6.45, 7) is 3.27. The SMILES string of the molecule is Cc1ncc(-c2ccc(S(=O)(=O)C3CCCNC3)cc2)nc1-c1nnc(-c2ccccc2)s1. The first-order valence-electron chi connectivity index (χ1n) is 10.8. The van der Waals surface area contributed by atoms with Gasteiger partial charge in [0.25, 0.3) is 0 Å². The minimum absolute atomic E-state index is 0.344. The number of benzene rings is 2. The molecule has 168 valence electrons. The molecular formula is C24H23N5O2S2. The van der Waals surface area contributed by atoms with E-state index >= 15 is 0 Å². The molecule has 1 N–H and O–H groups in total. The predicted octanol–water partition coefficient (Wildman–Crippen LogP) is 4.16. The molecule has 4 aromatic rings. The van der Waals surface area contributed by atoms with Gasteiger partial charge in [-0.2, -0.15) is 0 Å². The molecule has 1 saturated heterocycles. The lowest BCUT2D eigenvalue weighted by Gasteiger charge is -2.22. The van der Waals surface area contributed by atoms with E-state index in [-0.39, 0.29) is 5.25 Å². The van der Waals surface area contributed by atoms with E-state index in [9.17, 15) is 8.42 Å². The summed E-state index contributed by atoms with van der Waals surface area (Å²) in [7, 11) is -3.36. The van der Waals surface area contributed by atoms with Crippen LogP contribution < -0.4 is 5.32 Å². The van der Waals surface area contributed by atoms with Crippen LogP contribution >= 0.6 is 11.3 Å². The molecular weight excluding hydrogens is 454 g/mol. The molecule has 7 nitrogen and oxygen atoms in total. The topological polar surface area (TPSA) is 97.7 Å². The van der Waals surface area contributed by atoms with Gasteiger partial charge in [0.2, 0.25) is 0 Å². The maximum atomic E-state index is 13.0. The zero-order valence-corrected chi connectivity index (χ0v) is 19.7. The highest BCUT2D eigenvalue weighted by Crippen LogP contribution is 2.31. The zero-order valence-electron chi connectivity index (χ0n) is 18.1. The Morgan fingerprint density at radius 1 is 0.970 bits per heavy atom. The average Bonchev–Trinajstić information content (AvgIpc) is 3.36. The third kappa shape index (κ3) is 4.44. The van der Waals surface area contributed by atoms with E-state index in [1.165, 1.54) is 11.3 Å². The summed E-state index contributed by atoms with van der Waals surface area (Å²) in [5.74, 6) is 0. The first-order chi connectivity index (χ1) is 16.0. The Morgan fingerprint density at radius 3 is 2.45 bits per heavy atom. The average molecular weight is 478 g/mol. The summed E-state index contributed by atoms with van der Waals surface area (Å²) in [6, 6.07) is 16.8. The number of hydrogen-bond acceptors (Lipinski definition) is 8. The molecule has 0 radical (unpaired) electrons. The van der Waals surface area contributed by atoms with Crippen molar-refractivity contribution in [2.75, 3.05) is 13.1 Å². The van der Waals surface area contributed by atoms with Gasteiger partial charge < -0.3 is 5.32 Å². The van der Waals surface area contributed by atoms with Crippen LogP contribution in [0.1, 0.15) is 18.5 Å². The van der Waals surface area contributed by atoms with Gasteiger partial charge in [0.1, 0.15) is 10.7 Å². The number of aryl methyl sites for hydroxylation is 1. The van der Waals surface area contributed by atoms with E-state index in [4.69, 9.17) is 4.98 Å². The van der Waals surface area contributed by atoms with Crippen LogP contribution in [0, 0.1) is 6.92 Å². The third-order valence-corrected chi connectivity index (χ3v) is 8.96. The van der Waals surface area contributed by atoms with Crippen LogP contribution in [0.4, 0.5) is 0 Å². The minimum atomic E-state index is -3.36. The Kier molecular flexibility index (Phi) is 6.01. The van der Waals surface area contributed by atoms with Crippen molar-refractivity contribution < 1.29 is 8.42 Å². The second-order valence-electron chi connectivity index (χ2n) is 8.01. The molecule has 5 rings (SSSR count). The van der Waals surface area contributed by atoms with Crippen molar-refractivity contribution in [1.29, 1.82) is 0 Å². The second kappa shape index (κ2) is 9.09. The number of aromatic nitrogens is 4. The van der Waals surface area contributed by atoms with Crippen molar-refractivity contribution >= 4 is 21.2 Å². The van der Waals surface area contributed by atoms with Crippen molar-refractivity contribution in [3.63, 3.8) is 0 Å². The molecule has 3 heterocycles. The Balaban J connectivity index is 1.43. The lowest BCUT2D eigenvalue weighted by molar-refractivity contribution is 0.497. The van der Waals surface area contributed by atoms with Crippen LogP contribution in [0.25, 0.3) is 32.5 Å². The number of nitrogens with one attached hydrogen (secondary N) is 1. The highest BCUT2D eigenvalue weighted by molar-refractivity contribution is 7.92. The number of piperidine rings is 1. The normalized spacial score (nSPS) is 16.6. The maximum absolute atomic E-state index is 13.0. The van der Waals surface area contributed by atoms with E-state index < -0.39 is 9.84 Å². The first kappa shape index (κ1) is 21.8. The molecule has 0 aliphatic carbocycles. The molecule has 0 spiro atoms. The van der Waals surface area contributed by atoms with E-state index in [2.05, 4.69) is 20.5 Å². The minimum Gasteiger partial charge on any atom is -0.315 e. The lowest BCUT2D eigenvalue weighted by atomic mass is 10.1. The zero-order chi connectivity index (χ0) is 22.8. The summed E-state index contributed by atoms with van der Waals surface area (Å²) in [4.78, 5) is 9.64. The predicted molar refractivity (Wildman–Crippen MR) is 130 cm³/mol. The maximum Gasteiger partial charge on any atom is 0.182 e. The molecule has 33 heavy (non-hydrogen) atoms. The van der Waals surface area contributed by atoms with Gasteiger partial charge in [-0.15, -0.1) is 10.2 Å². The highest BCUT2D eigenvalue weighted by atomic mass is 32.2. The van der Waals surface area contributed by atoms with E-state index in [0.29, 0.717) is 34.3 Å². The smallest absolute Gasteiger partial charge is 0.182 e. The number of rotatable bonds is 5. The summed E-state index contributed by atoms with van der Waals surface area (Å²) in [6.07, 6.45) is 3.27. The van der Waals surface area contributed by atoms with Gasteiger partial charge in [0.05, 0.1) is 27.7 Å². The van der Waals surface area contributed by atoms with Crippen LogP contribution in [0.5, 0.6) is 0 Å². The van der Waals surface area contributed by atoms with Crippen LogP contribution in [-0.2, 0) is 9.84 Å². The van der Waals surface area contributed by atoms with Crippen molar-refractivity contribution in [2.24, 2.45) is 0 Å². The van der Waals surface area contributed by atoms with E-state index in [1.54, 1.807) is 30.5 Å². The Labute approximate surface area is 196 Å². The van der Waals surface area contributed by atoms with Gasteiger partial charge >= 0.3 is 0 Å². The van der Waals surface area contributed by atoms with Crippen molar-refractivity contribution in [3.8, 4) is 32.5 Å². The van der Waals surface area contributed by atoms with E-state index in [0.717, 1.165) is 34.8 Å². The fourth-order valence-corrected chi connectivity index (χ4v) is 6.50. The molecule has 0 bridgehead atoms. The quantitative estimate of drug-likeness (QED) is 0.461. The molecule has 2 aromatic carbocycles.